The number of rotatable bonds is 5. The molecule has 6 heteroatoms. The van der Waals surface area contributed by atoms with E-state index in [9.17, 15) is 9.90 Å². The van der Waals surface area contributed by atoms with E-state index in [0.717, 1.165) is 57.6 Å². The number of carboxylic acids is 1. The Hall–Kier alpha value is -2.47. The summed E-state index contributed by atoms with van der Waals surface area (Å²) in [4.78, 5) is 24.7. The second kappa shape index (κ2) is 8.05. The summed E-state index contributed by atoms with van der Waals surface area (Å²) in [6.07, 6.45) is 8.26. The van der Waals surface area contributed by atoms with Crippen LogP contribution in [0.2, 0.25) is 0 Å². The van der Waals surface area contributed by atoms with Crippen molar-refractivity contribution in [3.8, 4) is 0 Å². The molecule has 0 spiro atoms. The molecule has 3 heterocycles. The lowest BCUT2D eigenvalue weighted by Gasteiger charge is -2.32. The summed E-state index contributed by atoms with van der Waals surface area (Å²) in [6, 6.07) is 8.55. The molecule has 2 aliphatic heterocycles. The molecule has 4 rings (SSSR count). The Balaban J connectivity index is 1.47. The van der Waals surface area contributed by atoms with Crippen LogP contribution >= 0.6 is 0 Å². The van der Waals surface area contributed by atoms with Crippen LogP contribution < -0.4 is 4.90 Å². The van der Waals surface area contributed by atoms with Crippen molar-refractivity contribution < 1.29 is 9.90 Å². The molecule has 6 nitrogen and oxygen atoms in total. The molecule has 0 radical (unpaired) electrons. The average Bonchev–Trinajstić information content (AvgIpc) is 2.86. The molecule has 0 aliphatic carbocycles. The van der Waals surface area contributed by atoms with E-state index in [2.05, 4.69) is 44.0 Å². The molecule has 1 fully saturated rings. The number of aliphatic carboxylic acids is 1. The van der Waals surface area contributed by atoms with Crippen molar-refractivity contribution in [2.75, 3.05) is 31.1 Å². The van der Waals surface area contributed by atoms with Gasteiger partial charge in [0.05, 0.1) is 5.92 Å². The Kier molecular flexibility index (Phi) is 5.34. The van der Waals surface area contributed by atoms with Gasteiger partial charge in [-0.25, -0.2) is 9.97 Å². The van der Waals surface area contributed by atoms with Gasteiger partial charge in [0.15, 0.2) is 0 Å². The van der Waals surface area contributed by atoms with Gasteiger partial charge in [-0.05, 0) is 56.8 Å². The molecule has 0 amide bonds. The van der Waals surface area contributed by atoms with Gasteiger partial charge >= 0.3 is 5.97 Å². The number of benzene rings is 1. The van der Waals surface area contributed by atoms with E-state index in [1.54, 1.807) is 6.33 Å². The average molecular weight is 366 g/mol. The fourth-order valence-electron chi connectivity index (χ4n) is 4.28. The maximum atomic E-state index is 11.3. The maximum absolute atomic E-state index is 11.3. The predicted molar refractivity (Wildman–Crippen MR) is 104 cm³/mol. The lowest BCUT2D eigenvalue weighted by atomic mass is 9.98. The number of carbonyl (C=O) groups is 1. The summed E-state index contributed by atoms with van der Waals surface area (Å²) in [5, 5.41) is 9.29. The highest BCUT2D eigenvalue weighted by Gasteiger charge is 2.26. The number of aromatic nitrogens is 2. The molecule has 0 bridgehead atoms. The molecule has 142 valence electrons. The van der Waals surface area contributed by atoms with Gasteiger partial charge in [0.25, 0.3) is 0 Å². The third-order valence-corrected chi connectivity index (χ3v) is 5.68. The lowest BCUT2D eigenvalue weighted by Crippen LogP contribution is -2.39. The summed E-state index contributed by atoms with van der Waals surface area (Å²) >= 11 is 0. The van der Waals surface area contributed by atoms with Gasteiger partial charge in [0, 0.05) is 30.5 Å². The number of likely N-dealkylation sites (tertiary alicyclic amines) is 1. The first-order chi connectivity index (χ1) is 13.2. The van der Waals surface area contributed by atoms with E-state index in [-0.39, 0.29) is 5.92 Å². The number of piperidine rings is 1. The van der Waals surface area contributed by atoms with Crippen molar-refractivity contribution in [3.05, 3.63) is 47.9 Å². The van der Waals surface area contributed by atoms with Crippen molar-refractivity contribution in [2.24, 2.45) is 5.92 Å². The van der Waals surface area contributed by atoms with Crippen LogP contribution in [0.4, 0.5) is 11.5 Å². The minimum absolute atomic E-state index is 0.217. The first kappa shape index (κ1) is 17.9. The van der Waals surface area contributed by atoms with Crippen LogP contribution in [0.3, 0.4) is 0 Å². The number of anilines is 2. The van der Waals surface area contributed by atoms with Crippen molar-refractivity contribution in [1.82, 2.24) is 14.9 Å². The van der Waals surface area contributed by atoms with E-state index in [4.69, 9.17) is 0 Å². The van der Waals surface area contributed by atoms with E-state index >= 15 is 0 Å². The third-order valence-electron chi connectivity index (χ3n) is 5.68. The van der Waals surface area contributed by atoms with Crippen LogP contribution in [0.1, 0.15) is 30.4 Å². The minimum Gasteiger partial charge on any atom is -0.481 e. The molecule has 2 aliphatic rings. The molecule has 1 aromatic carbocycles. The molecule has 27 heavy (non-hydrogen) atoms. The first-order valence-corrected chi connectivity index (χ1v) is 9.82. The smallest absolute Gasteiger partial charge is 0.307 e. The van der Waals surface area contributed by atoms with Crippen LogP contribution in [0.5, 0.6) is 0 Å². The van der Waals surface area contributed by atoms with Gasteiger partial charge in [-0.15, -0.1) is 0 Å². The minimum atomic E-state index is -0.660. The molecular weight excluding hydrogens is 340 g/mol. The fourth-order valence-corrected chi connectivity index (χ4v) is 4.28. The zero-order chi connectivity index (χ0) is 18.6. The van der Waals surface area contributed by atoms with Crippen LogP contribution in [-0.4, -0.2) is 52.1 Å². The topological polar surface area (TPSA) is 69.6 Å². The molecule has 1 unspecified atom stereocenters. The zero-order valence-corrected chi connectivity index (χ0v) is 15.5. The van der Waals surface area contributed by atoms with Crippen LogP contribution in [-0.2, 0) is 17.6 Å². The summed E-state index contributed by atoms with van der Waals surface area (Å²) in [5.74, 6) is 0.134. The number of hydrogen-bond donors (Lipinski definition) is 1. The number of para-hydroxylation sites is 1. The Morgan fingerprint density at radius 1 is 1.19 bits per heavy atom. The van der Waals surface area contributed by atoms with E-state index < -0.39 is 5.97 Å². The SMILES string of the molecule is O=C(O)C1CCCN(CCCN2c3ccccc3CCc3cncnc32)C1. The quantitative estimate of drug-likeness (QED) is 0.877. The van der Waals surface area contributed by atoms with Gasteiger partial charge in [0.2, 0.25) is 0 Å². The second-order valence-electron chi connectivity index (χ2n) is 7.48. The van der Waals surface area contributed by atoms with Crippen molar-refractivity contribution in [3.63, 3.8) is 0 Å². The first-order valence-electron chi connectivity index (χ1n) is 9.82. The van der Waals surface area contributed by atoms with E-state index in [0.29, 0.717) is 6.54 Å². The largest absolute Gasteiger partial charge is 0.481 e. The van der Waals surface area contributed by atoms with Crippen LogP contribution in [0.15, 0.2) is 36.8 Å². The third kappa shape index (κ3) is 3.95. The molecule has 1 saturated heterocycles. The molecule has 0 saturated carbocycles. The summed E-state index contributed by atoms with van der Waals surface area (Å²) < 4.78 is 0. The number of carboxylic acid groups (broad SMARTS) is 1. The molecular formula is C21H26N4O2. The zero-order valence-electron chi connectivity index (χ0n) is 15.5. The Morgan fingerprint density at radius 3 is 2.93 bits per heavy atom. The van der Waals surface area contributed by atoms with E-state index in [1.807, 2.05) is 6.20 Å². The standard InChI is InChI=1S/C21H26N4O2/c26-21(27)18-6-3-10-24(14-18)11-4-12-25-19-7-2-1-5-16(19)8-9-17-13-22-15-23-20(17)25/h1-2,5,7,13,15,18H,3-4,6,8-12,14H2,(H,26,27). The molecule has 1 atom stereocenters. The normalized spacial score (nSPS) is 19.9. The van der Waals surface area contributed by atoms with Crippen LogP contribution in [0.25, 0.3) is 0 Å². The number of fused-ring (bicyclic) bond motifs is 2. The van der Waals surface area contributed by atoms with Gasteiger partial charge < -0.3 is 14.9 Å². The molecule has 1 N–H and O–H groups in total. The highest BCUT2D eigenvalue weighted by Crippen LogP contribution is 2.34. The van der Waals surface area contributed by atoms with Gasteiger partial charge in [-0.2, -0.15) is 0 Å². The summed E-state index contributed by atoms with van der Waals surface area (Å²) in [7, 11) is 0. The molecule has 2 aromatic rings. The Morgan fingerprint density at radius 2 is 2.04 bits per heavy atom. The van der Waals surface area contributed by atoms with Crippen molar-refractivity contribution in [1.29, 1.82) is 0 Å². The Labute approximate surface area is 159 Å². The predicted octanol–water partition coefficient (Wildman–Crippen LogP) is 2.90. The van der Waals surface area contributed by atoms with Crippen molar-refractivity contribution in [2.45, 2.75) is 32.1 Å². The van der Waals surface area contributed by atoms with Crippen molar-refractivity contribution >= 4 is 17.5 Å². The summed E-state index contributed by atoms with van der Waals surface area (Å²) in [5.41, 5.74) is 3.77. The lowest BCUT2D eigenvalue weighted by molar-refractivity contribution is -0.143. The van der Waals surface area contributed by atoms with E-state index in [1.165, 1.54) is 16.8 Å². The number of nitrogens with zero attached hydrogens (tertiary/aromatic N) is 4. The highest BCUT2D eigenvalue weighted by atomic mass is 16.4. The maximum Gasteiger partial charge on any atom is 0.307 e. The van der Waals surface area contributed by atoms with Gasteiger partial charge in [-0.3, -0.25) is 4.79 Å². The fraction of sp³-hybridized carbons (Fsp3) is 0.476. The Bertz CT molecular complexity index is 763. The van der Waals surface area contributed by atoms with Crippen LogP contribution in [0, 0.1) is 5.92 Å². The monoisotopic (exact) mass is 366 g/mol. The second-order valence-corrected chi connectivity index (χ2v) is 7.48. The van der Waals surface area contributed by atoms with Gasteiger partial charge in [0.1, 0.15) is 12.1 Å². The molecule has 1 aromatic heterocycles. The highest BCUT2D eigenvalue weighted by molar-refractivity contribution is 5.70. The summed E-state index contributed by atoms with van der Waals surface area (Å²) in [6.45, 7) is 3.46. The number of hydrogen-bond acceptors (Lipinski definition) is 5. The van der Waals surface area contributed by atoms with Gasteiger partial charge in [-0.1, -0.05) is 18.2 Å². The number of aryl methyl sites for hydroxylation is 2.